The van der Waals surface area contributed by atoms with Crippen molar-refractivity contribution in [1.29, 1.82) is 5.26 Å². The summed E-state index contributed by atoms with van der Waals surface area (Å²) in [4.78, 5) is 12.9. The molecule has 1 heterocycles. The molecule has 0 fully saturated rings. The predicted octanol–water partition coefficient (Wildman–Crippen LogP) is 3.69. The summed E-state index contributed by atoms with van der Waals surface area (Å²) < 4.78 is 5.33. The maximum atomic E-state index is 12.1. The van der Waals surface area contributed by atoms with Crippen LogP contribution in [0.15, 0.2) is 47.4 Å². The second-order valence-electron chi connectivity index (χ2n) is 4.10. The van der Waals surface area contributed by atoms with E-state index in [2.05, 4.69) is 5.32 Å². The number of nitrogens with one attached hydrogen (secondary N) is 1. The number of hydrogen-bond acceptors (Lipinski definition) is 4. The molecule has 0 unspecified atom stereocenters. The molecule has 2 aromatic rings. The third-order valence-corrected chi connectivity index (χ3v) is 3.44. The van der Waals surface area contributed by atoms with E-state index < -0.39 is 5.91 Å². The Bertz CT molecular complexity index is 667. The molecule has 21 heavy (non-hydrogen) atoms. The maximum Gasteiger partial charge on any atom is 0.266 e. The van der Waals surface area contributed by atoms with Crippen LogP contribution in [0, 0.1) is 11.3 Å². The highest BCUT2D eigenvalue weighted by atomic mass is 32.1. The molecular formula is C16H14N2O2S. The lowest BCUT2D eigenvalue weighted by Crippen LogP contribution is -2.13. The van der Waals surface area contributed by atoms with E-state index in [0.29, 0.717) is 12.3 Å². The fourth-order valence-corrected chi connectivity index (χ4v) is 2.32. The van der Waals surface area contributed by atoms with Gasteiger partial charge < -0.3 is 10.1 Å². The first-order valence-electron chi connectivity index (χ1n) is 6.42. The quantitative estimate of drug-likeness (QED) is 0.676. The second-order valence-corrected chi connectivity index (χ2v) is 5.08. The lowest BCUT2D eigenvalue weighted by molar-refractivity contribution is -0.112. The first-order valence-corrected chi connectivity index (χ1v) is 7.30. The van der Waals surface area contributed by atoms with Crippen molar-refractivity contribution in [2.24, 2.45) is 0 Å². The summed E-state index contributed by atoms with van der Waals surface area (Å²) in [6.07, 6.45) is 1.58. The normalized spacial score (nSPS) is 10.8. The van der Waals surface area contributed by atoms with Gasteiger partial charge in [0.1, 0.15) is 17.4 Å². The molecule has 1 amide bonds. The monoisotopic (exact) mass is 298 g/mol. The van der Waals surface area contributed by atoms with Crippen molar-refractivity contribution >= 4 is 29.0 Å². The van der Waals surface area contributed by atoms with Gasteiger partial charge in [-0.3, -0.25) is 4.79 Å². The number of rotatable bonds is 5. The van der Waals surface area contributed by atoms with Crippen molar-refractivity contribution in [1.82, 2.24) is 0 Å². The number of thiophene rings is 1. The third kappa shape index (κ3) is 4.20. The van der Waals surface area contributed by atoms with Crippen LogP contribution in [0.4, 0.5) is 5.69 Å². The zero-order valence-corrected chi connectivity index (χ0v) is 12.3. The van der Waals surface area contributed by atoms with Crippen molar-refractivity contribution in [3.63, 3.8) is 0 Å². The van der Waals surface area contributed by atoms with Crippen LogP contribution in [-0.4, -0.2) is 12.5 Å². The van der Waals surface area contributed by atoms with Gasteiger partial charge in [0, 0.05) is 10.6 Å². The Kier molecular flexibility index (Phi) is 5.13. The fraction of sp³-hybridized carbons (Fsp3) is 0.125. The number of nitriles is 1. The highest BCUT2D eigenvalue weighted by Crippen LogP contribution is 2.17. The third-order valence-electron chi connectivity index (χ3n) is 2.62. The Morgan fingerprint density at radius 1 is 1.38 bits per heavy atom. The molecule has 106 valence electrons. The molecule has 0 bridgehead atoms. The van der Waals surface area contributed by atoms with Crippen LogP contribution >= 0.6 is 11.3 Å². The molecule has 0 atom stereocenters. The Labute approximate surface area is 127 Å². The van der Waals surface area contributed by atoms with Gasteiger partial charge in [-0.2, -0.15) is 5.26 Å². The molecule has 0 aliphatic rings. The number of anilines is 1. The van der Waals surface area contributed by atoms with Gasteiger partial charge in [-0.05, 0) is 48.7 Å². The van der Waals surface area contributed by atoms with Crippen LogP contribution in [0.2, 0.25) is 0 Å². The van der Waals surface area contributed by atoms with E-state index in [9.17, 15) is 4.79 Å². The van der Waals surface area contributed by atoms with Crippen LogP contribution in [0.1, 0.15) is 11.8 Å². The lowest BCUT2D eigenvalue weighted by atomic mass is 10.2. The average molecular weight is 298 g/mol. The average Bonchev–Trinajstić information content (AvgIpc) is 3.00. The number of amides is 1. The van der Waals surface area contributed by atoms with Gasteiger partial charge in [-0.1, -0.05) is 6.07 Å². The largest absolute Gasteiger partial charge is 0.494 e. The maximum absolute atomic E-state index is 12.1. The van der Waals surface area contributed by atoms with Gasteiger partial charge in [-0.25, -0.2) is 0 Å². The first-order chi connectivity index (χ1) is 10.2. The van der Waals surface area contributed by atoms with Crippen LogP contribution in [-0.2, 0) is 4.79 Å². The molecular weight excluding hydrogens is 284 g/mol. The van der Waals surface area contributed by atoms with E-state index in [1.54, 1.807) is 30.3 Å². The number of hydrogen-bond donors (Lipinski definition) is 1. The fourth-order valence-electron chi connectivity index (χ4n) is 1.66. The van der Waals surface area contributed by atoms with E-state index in [0.717, 1.165) is 10.6 Å². The Morgan fingerprint density at radius 3 is 2.71 bits per heavy atom. The van der Waals surface area contributed by atoms with Crippen molar-refractivity contribution in [2.75, 3.05) is 11.9 Å². The molecule has 0 spiro atoms. The van der Waals surface area contributed by atoms with E-state index in [4.69, 9.17) is 10.00 Å². The standard InChI is InChI=1S/C16H14N2O2S/c1-2-20-14-7-5-13(6-8-14)18-16(19)12(11-17)10-15-4-3-9-21-15/h3-10H,2H2,1H3,(H,18,19)/b12-10-. The van der Waals surface area contributed by atoms with E-state index >= 15 is 0 Å². The minimum Gasteiger partial charge on any atom is -0.494 e. The van der Waals surface area contributed by atoms with Crippen LogP contribution < -0.4 is 10.1 Å². The molecule has 1 N–H and O–H groups in total. The first kappa shape index (κ1) is 14.8. The summed E-state index contributed by atoms with van der Waals surface area (Å²) in [5.41, 5.74) is 0.696. The van der Waals surface area contributed by atoms with Crippen molar-refractivity contribution in [3.8, 4) is 11.8 Å². The summed E-state index contributed by atoms with van der Waals surface area (Å²) in [5.74, 6) is 0.320. The molecule has 0 aliphatic carbocycles. The topological polar surface area (TPSA) is 62.1 Å². The van der Waals surface area contributed by atoms with Crippen molar-refractivity contribution in [3.05, 3.63) is 52.2 Å². The zero-order chi connectivity index (χ0) is 15.1. The number of ether oxygens (including phenoxy) is 1. The molecule has 1 aromatic carbocycles. The minimum absolute atomic E-state index is 0.0753. The summed E-state index contributed by atoms with van der Waals surface area (Å²) in [7, 11) is 0. The minimum atomic E-state index is -0.421. The van der Waals surface area contributed by atoms with E-state index in [-0.39, 0.29) is 5.57 Å². The highest BCUT2D eigenvalue weighted by Gasteiger charge is 2.09. The van der Waals surface area contributed by atoms with Crippen molar-refractivity contribution < 1.29 is 9.53 Å². The molecule has 4 nitrogen and oxygen atoms in total. The Balaban J connectivity index is 2.07. The summed E-state index contributed by atoms with van der Waals surface area (Å²) in [5, 5.41) is 13.7. The lowest BCUT2D eigenvalue weighted by Gasteiger charge is -2.06. The van der Waals surface area contributed by atoms with Crippen LogP contribution in [0.5, 0.6) is 5.75 Å². The Morgan fingerprint density at radius 2 is 2.14 bits per heavy atom. The smallest absolute Gasteiger partial charge is 0.266 e. The molecule has 0 aliphatic heterocycles. The Hall–Kier alpha value is -2.58. The number of carbonyl (C=O) groups excluding carboxylic acids is 1. The van der Waals surface area contributed by atoms with Crippen LogP contribution in [0.25, 0.3) is 6.08 Å². The predicted molar refractivity (Wildman–Crippen MR) is 84.1 cm³/mol. The number of benzene rings is 1. The second kappa shape index (κ2) is 7.27. The van der Waals surface area contributed by atoms with Gasteiger partial charge in [-0.15, -0.1) is 11.3 Å². The van der Waals surface area contributed by atoms with Crippen LogP contribution in [0.3, 0.4) is 0 Å². The van der Waals surface area contributed by atoms with Gasteiger partial charge in [0.25, 0.3) is 5.91 Å². The van der Waals surface area contributed by atoms with Crippen molar-refractivity contribution in [2.45, 2.75) is 6.92 Å². The van der Waals surface area contributed by atoms with Gasteiger partial charge in [0.15, 0.2) is 0 Å². The summed E-state index contributed by atoms with van der Waals surface area (Å²) in [6, 6.07) is 12.7. The highest BCUT2D eigenvalue weighted by molar-refractivity contribution is 7.10. The molecule has 0 radical (unpaired) electrons. The molecule has 5 heteroatoms. The van der Waals surface area contributed by atoms with Gasteiger partial charge in [0.05, 0.1) is 6.61 Å². The van der Waals surface area contributed by atoms with E-state index in [1.807, 2.05) is 30.5 Å². The molecule has 0 saturated heterocycles. The number of carbonyl (C=O) groups is 1. The zero-order valence-electron chi connectivity index (χ0n) is 11.5. The summed E-state index contributed by atoms with van der Waals surface area (Å²) in [6.45, 7) is 2.50. The van der Waals surface area contributed by atoms with Gasteiger partial charge >= 0.3 is 0 Å². The van der Waals surface area contributed by atoms with E-state index in [1.165, 1.54) is 11.3 Å². The molecule has 2 rings (SSSR count). The number of nitrogens with zero attached hydrogens (tertiary/aromatic N) is 1. The van der Waals surface area contributed by atoms with Gasteiger partial charge in [0.2, 0.25) is 0 Å². The molecule has 0 saturated carbocycles. The molecule has 1 aromatic heterocycles. The summed E-state index contributed by atoms with van der Waals surface area (Å²) >= 11 is 1.47. The SMILES string of the molecule is CCOc1ccc(NC(=O)/C(C#N)=C\c2cccs2)cc1.